The molecule has 0 saturated carbocycles. The molecular weight excluding hydrogens is 362 g/mol. The summed E-state index contributed by atoms with van der Waals surface area (Å²) in [5.74, 6) is 1.34. The SMILES string of the molecule is CN1CCN(c2ccccc2NC(=O)c2ccc(Oc3ccccc3)cc2)CC1. The van der Waals surface area contributed by atoms with E-state index in [-0.39, 0.29) is 5.91 Å². The number of para-hydroxylation sites is 3. The quantitative estimate of drug-likeness (QED) is 0.701. The van der Waals surface area contributed by atoms with Crippen LogP contribution in [0.25, 0.3) is 0 Å². The van der Waals surface area contributed by atoms with Crippen molar-refractivity contribution in [1.29, 1.82) is 0 Å². The smallest absolute Gasteiger partial charge is 0.255 e. The van der Waals surface area contributed by atoms with Crippen LogP contribution in [0.3, 0.4) is 0 Å². The van der Waals surface area contributed by atoms with Gasteiger partial charge in [0.1, 0.15) is 11.5 Å². The molecule has 3 aromatic carbocycles. The topological polar surface area (TPSA) is 44.8 Å². The Morgan fingerprint density at radius 3 is 2.14 bits per heavy atom. The van der Waals surface area contributed by atoms with Crippen LogP contribution in [0.15, 0.2) is 78.9 Å². The highest BCUT2D eigenvalue weighted by Crippen LogP contribution is 2.27. The fourth-order valence-electron chi connectivity index (χ4n) is 3.40. The first-order chi connectivity index (χ1) is 14.2. The van der Waals surface area contributed by atoms with Crippen molar-refractivity contribution >= 4 is 17.3 Å². The zero-order valence-corrected chi connectivity index (χ0v) is 16.5. The fourth-order valence-corrected chi connectivity index (χ4v) is 3.40. The Morgan fingerprint density at radius 1 is 0.793 bits per heavy atom. The lowest BCUT2D eigenvalue weighted by Crippen LogP contribution is -2.44. The highest BCUT2D eigenvalue weighted by Gasteiger charge is 2.18. The fraction of sp³-hybridized carbons (Fsp3) is 0.208. The number of hydrogen-bond donors (Lipinski definition) is 1. The predicted molar refractivity (Wildman–Crippen MR) is 117 cm³/mol. The van der Waals surface area contributed by atoms with Crippen LogP contribution in [0, 0.1) is 0 Å². The van der Waals surface area contributed by atoms with Gasteiger partial charge in [0.2, 0.25) is 0 Å². The van der Waals surface area contributed by atoms with Crippen molar-refractivity contribution in [1.82, 2.24) is 4.90 Å². The summed E-state index contributed by atoms with van der Waals surface area (Å²) in [6.45, 7) is 3.94. The molecule has 5 nitrogen and oxygen atoms in total. The number of likely N-dealkylation sites (N-methyl/N-ethyl adjacent to an activating group) is 1. The molecule has 1 saturated heterocycles. The van der Waals surface area contributed by atoms with E-state index >= 15 is 0 Å². The lowest BCUT2D eigenvalue weighted by atomic mass is 10.1. The summed E-state index contributed by atoms with van der Waals surface area (Å²) in [6, 6.07) is 24.8. The predicted octanol–water partition coefficient (Wildman–Crippen LogP) is 4.48. The second kappa shape index (κ2) is 8.80. The monoisotopic (exact) mass is 387 g/mol. The van der Waals surface area contributed by atoms with Crippen molar-refractivity contribution in [2.45, 2.75) is 0 Å². The summed E-state index contributed by atoms with van der Waals surface area (Å²) < 4.78 is 5.80. The summed E-state index contributed by atoms with van der Waals surface area (Å²) in [4.78, 5) is 17.4. The van der Waals surface area contributed by atoms with Gasteiger partial charge in [0, 0.05) is 31.7 Å². The highest BCUT2D eigenvalue weighted by molar-refractivity contribution is 6.06. The van der Waals surface area contributed by atoms with Crippen molar-refractivity contribution < 1.29 is 9.53 Å². The third-order valence-corrected chi connectivity index (χ3v) is 5.09. The number of hydrogen-bond acceptors (Lipinski definition) is 4. The van der Waals surface area contributed by atoms with Gasteiger partial charge in [-0.25, -0.2) is 0 Å². The molecule has 1 aliphatic heterocycles. The van der Waals surface area contributed by atoms with E-state index in [9.17, 15) is 4.79 Å². The third kappa shape index (κ3) is 4.76. The molecule has 0 unspecified atom stereocenters. The van der Waals surface area contributed by atoms with E-state index in [1.807, 2.05) is 60.7 Å². The molecule has 148 valence electrons. The van der Waals surface area contributed by atoms with E-state index in [1.54, 1.807) is 12.1 Å². The van der Waals surface area contributed by atoms with Gasteiger partial charge in [-0.05, 0) is 55.6 Å². The minimum absolute atomic E-state index is 0.127. The van der Waals surface area contributed by atoms with Crippen molar-refractivity contribution in [2.24, 2.45) is 0 Å². The summed E-state index contributed by atoms with van der Waals surface area (Å²) in [5, 5.41) is 3.07. The number of benzene rings is 3. The Morgan fingerprint density at radius 2 is 1.41 bits per heavy atom. The zero-order chi connectivity index (χ0) is 20.1. The number of rotatable bonds is 5. The van der Waals surface area contributed by atoms with Crippen LogP contribution in [-0.2, 0) is 0 Å². The molecular formula is C24H25N3O2. The maximum Gasteiger partial charge on any atom is 0.255 e. The van der Waals surface area contributed by atoms with Crippen molar-refractivity contribution in [2.75, 3.05) is 43.4 Å². The number of nitrogens with one attached hydrogen (secondary N) is 1. The number of amides is 1. The summed E-state index contributed by atoms with van der Waals surface area (Å²) in [5.41, 5.74) is 2.50. The van der Waals surface area contributed by atoms with Crippen LogP contribution in [0.1, 0.15) is 10.4 Å². The third-order valence-electron chi connectivity index (χ3n) is 5.09. The second-order valence-electron chi connectivity index (χ2n) is 7.20. The largest absolute Gasteiger partial charge is 0.457 e. The first kappa shape index (κ1) is 19.0. The Hall–Kier alpha value is -3.31. The maximum atomic E-state index is 12.8. The Bertz CT molecular complexity index is 949. The van der Waals surface area contributed by atoms with Crippen molar-refractivity contribution in [3.63, 3.8) is 0 Å². The molecule has 0 aromatic heterocycles. The maximum absolute atomic E-state index is 12.8. The standard InChI is InChI=1S/C24H25N3O2/c1-26-15-17-27(18-16-26)23-10-6-5-9-22(23)25-24(28)19-11-13-21(14-12-19)29-20-7-3-2-4-8-20/h2-14H,15-18H2,1H3,(H,25,28). The molecule has 0 atom stereocenters. The second-order valence-corrected chi connectivity index (χ2v) is 7.20. The molecule has 1 heterocycles. The lowest BCUT2D eigenvalue weighted by Gasteiger charge is -2.35. The van der Waals surface area contributed by atoms with Gasteiger partial charge in [0.05, 0.1) is 11.4 Å². The van der Waals surface area contributed by atoms with E-state index in [0.717, 1.165) is 43.3 Å². The average molecular weight is 387 g/mol. The van der Waals surface area contributed by atoms with Crippen LogP contribution in [0.5, 0.6) is 11.5 Å². The normalized spacial score (nSPS) is 14.4. The van der Waals surface area contributed by atoms with Gasteiger partial charge in [-0.2, -0.15) is 0 Å². The average Bonchev–Trinajstić information content (AvgIpc) is 2.76. The number of nitrogens with zero attached hydrogens (tertiary/aromatic N) is 2. The highest BCUT2D eigenvalue weighted by atomic mass is 16.5. The first-order valence-corrected chi connectivity index (χ1v) is 9.86. The van der Waals surface area contributed by atoms with Gasteiger partial charge in [-0.1, -0.05) is 30.3 Å². The zero-order valence-electron chi connectivity index (χ0n) is 16.5. The molecule has 4 rings (SSSR count). The first-order valence-electron chi connectivity index (χ1n) is 9.86. The van der Waals surface area contributed by atoms with Gasteiger partial charge in [-0.15, -0.1) is 0 Å². The van der Waals surface area contributed by atoms with Crippen LogP contribution >= 0.6 is 0 Å². The van der Waals surface area contributed by atoms with E-state index in [1.165, 1.54) is 0 Å². The molecule has 3 aromatic rings. The van der Waals surface area contributed by atoms with E-state index in [4.69, 9.17) is 4.74 Å². The molecule has 1 N–H and O–H groups in total. The number of ether oxygens (including phenoxy) is 1. The van der Waals surface area contributed by atoms with Crippen molar-refractivity contribution in [3.8, 4) is 11.5 Å². The lowest BCUT2D eigenvalue weighted by molar-refractivity contribution is 0.102. The van der Waals surface area contributed by atoms with Crippen molar-refractivity contribution in [3.05, 3.63) is 84.4 Å². The van der Waals surface area contributed by atoms with E-state index < -0.39 is 0 Å². The van der Waals surface area contributed by atoms with Gasteiger partial charge >= 0.3 is 0 Å². The van der Waals surface area contributed by atoms with Crippen LogP contribution < -0.4 is 15.0 Å². The summed E-state index contributed by atoms with van der Waals surface area (Å²) in [7, 11) is 2.14. The molecule has 0 radical (unpaired) electrons. The van der Waals surface area contributed by atoms with E-state index in [0.29, 0.717) is 11.3 Å². The summed E-state index contributed by atoms with van der Waals surface area (Å²) >= 11 is 0. The number of piperazine rings is 1. The van der Waals surface area contributed by atoms with Gasteiger partial charge in [0.25, 0.3) is 5.91 Å². The molecule has 0 spiro atoms. The van der Waals surface area contributed by atoms with Crippen LogP contribution in [0.2, 0.25) is 0 Å². The van der Waals surface area contributed by atoms with Crippen LogP contribution in [-0.4, -0.2) is 44.0 Å². The molecule has 1 amide bonds. The van der Waals surface area contributed by atoms with Gasteiger partial charge in [-0.3, -0.25) is 4.79 Å². The molecule has 1 fully saturated rings. The Kier molecular flexibility index (Phi) is 5.77. The number of carbonyl (C=O) groups is 1. The molecule has 29 heavy (non-hydrogen) atoms. The van der Waals surface area contributed by atoms with Crippen LogP contribution in [0.4, 0.5) is 11.4 Å². The van der Waals surface area contributed by atoms with Gasteiger partial charge < -0.3 is 19.9 Å². The van der Waals surface area contributed by atoms with Gasteiger partial charge in [0.15, 0.2) is 0 Å². The molecule has 1 aliphatic rings. The van der Waals surface area contributed by atoms with E-state index in [2.05, 4.69) is 28.2 Å². The number of anilines is 2. The molecule has 5 heteroatoms. The summed E-state index contributed by atoms with van der Waals surface area (Å²) in [6.07, 6.45) is 0. The minimum Gasteiger partial charge on any atom is -0.457 e. The minimum atomic E-state index is -0.127. The number of carbonyl (C=O) groups excluding carboxylic acids is 1. The Labute approximate surface area is 171 Å². The molecule has 0 aliphatic carbocycles. The molecule has 0 bridgehead atoms. The Balaban J connectivity index is 1.44.